The Morgan fingerprint density at radius 3 is 2.18 bits per heavy atom. The third kappa shape index (κ3) is 4.47. The second-order valence-electron chi connectivity index (χ2n) is 8.61. The maximum Gasteiger partial charge on any atom is 0.223 e. The van der Waals surface area contributed by atoms with E-state index >= 15 is 0 Å². The van der Waals surface area contributed by atoms with Gasteiger partial charge in [0.15, 0.2) is 0 Å². The number of amides is 1. The van der Waals surface area contributed by atoms with Gasteiger partial charge in [-0.3, -0.25) is 9.69 Å². The minimum Gasteiger partial charge on any atom is -0.355 e. The molecule has 3 nitrogen and oxygen atoms in total. The molecule has 2 aliphatic rings. The molecule has 4 rings (SSSR count). The lowest BCUT2D eigenvalue weighted by Gasteiger charge is -2.42. The fraction of sp³-hybridized carbons (Fsp3) is 0.480. The number of benzene rings is 2. The van der Waals surface area contributed by atoms with Crippen LogP contribution in [0.25, 0.3) is 0 Å². The number of nitrogens with zero attached hydrogens (tertiary/aromatic N) is 1. The summed E-state index contributed by atoms with van der Waals surface area (Å²) < 4.78 is 0. The Morgan fingerprint density at radius 1 is 0.929 bits per heavy atom. The van der Waals surface area contributed by atoms with Crippen molar-refractivity contribution in [2.24, 2.45) is 5.92 Å². The molecule has 1 amide bonds. The highest BCUT2D eigenvalue weighted by Crippen LogP contribution is 2.36. The normalized spacial score (nSPS) is 20.1. The van der Waals surface area contributed by atoms with E-state index < -0.39 is 0 Å². The van der Waals surface area contributed by atoms with Gasteiger partial charge in [0.05, 0.1) is 0 Å². The molecule has 1 aliphatic heterocycles. The van der Waals surface area contributed by atoms with E-state index in [9.17, 15) is 4.79 Å². The molecule has 1 aliphatic carbocycles. The van der Waals surface area contributed by atoms with Crippen LogP contribution in [0.2, 0.25) is 0 Å². The zero-order chi connectivity index (χ0) is 19.2. The molecule has 2 fully saturated rings. The van der Waals surface area contributed by atoms with Crippen molar-refractivity contribution in [3.05, 3.63) is 71.8 Å². The van der Waals surface area contributed by atoms with Crippen molar-refractivity contribution in [1.82, 2.24) is 10.2 Å². The van der Waals surface area contributed by atoms with Gasteiger partial charge in [0.1, 0.15) is 0 Å². The van der Waals surface area contributed by atoms with E-state index in [0.717, 1.165) is 51.9 Å². The van der Waals surface area contributed by atoms with Crippen molar-refractivity contribution in [2.75, 3.05) is 19.6 Å². The fourth-order valence-corrected chi connectivity index (χ4v) is 4.93. The highest BCUT2D eigenvalue weighted by molar-refractivity contribution is 5.79. The largest absolute Gasteiger partial charge is 0.355 e. The molecule has 28 heavy (non-hydrogen) atoms. The van der Waals surface area contributed by atoms with Crippen LogP contribution in [0.15, 0.2) is 60.7 Å². The molecular formula is C25H32N2O. The Hall–Kier alpha value is -2.13. The van der Waals surface area contributed by atoms with Crippen LogP contribution in [0.3, 0.4) is 0 Å². The van der Waals surface area contributed by atoms with Gasteiger partial charge in [0, 0.05) is 24.4 Å². The maximum atomic E-state index is 12.6. The lowest BCUT2D eigenvalue weighted by Crippen LogP contribution is -2.49. The number of carbonyl (C=O) groups excluding carboxylic acids is 1. The van der Waals surface area contributed by atoms with Gasteiger partial charge in [0.25, 0.3) is 0 Å². The number of rotatable bonds is 6. The highest BCUT2D eigenvalue weighted by atomic mass is 16.1. The predicted octanol–water partition coefficient (Wildman–Crippen LogP) is 4.53. The molecule has 2 aromatic rings. The summed E-state index contributed by atoms with van der Waals surface area (Å²) in [6, 6.07) is 21.6. The third-order valence-electron chi connectivity index (χ3n) is 6.78. The van der Waals surface area contributed by atoms with Crippen LogP contribution >= 0.6 is 0 Å². The lowest BCUT2D eigenvalue weighted by molar-refractivity contribution is -0.125. The molecule has 1 saturated heterocycles. The molecule has 0 unspecified atom stereocenters. The average molecular weight is 377 g/mol. The van der Waals surface area contributed by atoms with E-state index in [1.165, 1.54) is 24.0 Å². The second kappa shape index (κ2) is 8.91. The van der Waals surface area contributed by atoms with Crippen LogP contribution < -0.4 is 5.32 Å². The van der Waals surface area contributed by atoms with E-state index in [4.69, 9.17) is 0 Å². The first-order chi connectivity index (χ1) is 13.8. The van der Waals surface area contributed by atoms with Crippen LogP contribution in [0.5, 0.6) is 0 Å². The van der Waals surface area contributed by atoms with Crippen molar-refractivity contribution in [3.8, 4) is 0 Å². The SMILES string of the molecule is O=C(NCC1(c2ccccc2)CCN(Cc2ccccc2)CC1)C1CCCC1. The molecule has 1 N–H and O–H groups in total. The van der Waals surface area contributed by atoms with Gasteiger partial charge < -0.3 is 5.32 Å². The molecule has 0 aromatic heterocycles. The van der Waals surface area contributed by atoms with Crippen LogP contribution in [0, 0.1) is 5.92 Å². The molecule has 148 valence electrons. The molecule has 0 atom stereocenters. The van der Waals surface area contributed by atoms with Crippen LogP contribution in [0.1, 0.15) is 49.7 Å². The number of likely N-dealkylation sites (tertiary alicyclic amines) is 1. The first kappa shape index (κ1) is 19.2. The molecule has 1 saturated carbocycles. The van der Waals surface area contributed by atoms with Gasteiger partial charge in [-0.05, 0) is 49.9 Å². The fourth-order valence-electron chi connectivity index (χ4n) is 4.93. The third-order valence-corrected chi connectivity index (χ3v) is 6.78. The van der Waals surface area contributed by atoms with Gasteiger partial charge >= 0.3 is 0 Å². The van der Waals surface area contributed by atoms with Crippen molar-refractivity contribution in [2.45, 2.75) is 50.5 Å². The van der Waals surface area contributed by atoms with Crippen molar-refractivity contribution in [1.29, 1.82) is 0 Å². The molecular weight excluding hydrogens is 344 g/mol. The predicted molar refractivity (Wildman–Crippen MR) is 114 cm³/mol. The van der Waals surface area contributed by atoms with Crippen LogP contribution in [-0.4, -0.2) is 30.4 Å². The summed E-state index contributed by atoms with van der Waals surface area (Å²) in [7, 11) is 0. The standard InChI is InChI=1S/C25H32N2O/c28-24(22-11-7-8-12-22)26-20-25(23-13-5-2-6-14-23)15-17-27(18-16-25)19-21-9-3-1-4-10-21/h1-6,9-10,13-14,22H,7-8,11-12,15-20H2,(H,26,28). The van der Waals surface area contributed by atoms with E-state index in [0.29, 0.717) is 0 Å². The average Bonchev–Trinajstić information content (AvgIpc) is 3.30. The Kier molecular flexibility index (Phi) is 6.11. The summed E-state index contributed by atoms with van der Waals surface area (Å²) >= 11 is 0. The minimum atomic E-state index is 0.0582. The first-order valence-corrected chi connectivity index (χ1v) is 10.8. The Bertz CT molecular complexity index is 745. The smallest absolute Gasteiger partial charge is 0.223 e. The Balaban J connectivity index is 1.42. The quantitative estimate of drug-likeness (QED) is 0.803. The monoisotopic (exact) mass is 376 g/mol. The zero-order valence-electron chi connectivity index (χ0n) is 16.8. The second-order valence-corrected chi connectivity index (χ2v) is 8.61. The molecule has 0 bridgehead atoms. The molecule has 0 radical (unpaired) electrons. The van der Waals surface area contributed by atoms with Crippen molar-refractivity contribution >= 4 is 5.91 Å². The molecule has 1 heterocycles. The summed E-state index contributed by atoms with van der Waals surface area (Å²) in [5.41, 5.74) is 2.81. The molecule has 3 heteroatoms. The maximum absolute atomic E-state index is 12.6. The minimum absolute atomic E-state index is 0.0582. The highest BCUT2D eigenvalue weighted by Gasteiger charge is 2.37. The molecule has 2 aromatic carbocycles. The van der Waals surface area contributed by atoms with E-state index in [1.54, 1.807) is 0 Å². The summed E-state index contributed by atoms with van der Waals surface area (Å²) in [5.74, 6) is 0.519. The van der Waals surface area contributed by atoms with Gasteiger partial charge in [-0.1, -0.05) is 73.5 Å². The van der Waals surface area contributed by atoms with E-state index in [1.807, 2.05) is 0 Å². The number of carbonyl (C=O) groups is 1. The number of nitrogens with one attached hydrogen (secondary N) is 1. The van der Waals surface area contributed by atoms with E-state index in [2.05, 4.69) is 70.9 Å². The van der Waals surface area contributed by atoms with Gasteiger partial charge in [-0.2, -0.15) is 0 Å². The summed E-state index contributed by atoms with van der Waals surface area (Å²) in [6.07, 6.45) is 6.72. The van der Waals surface area contributed by atoms with Gasteiger partial charge in [-0.15, -0.1) is 0 Å². The number of piperidine rings is 1. The Morgan fingerprint density at radius 2 is 1.54 bits per heavy atom. The summed E-state index contributed by atoms with van der Waals surface area (Å²) in [4.78, 5) is 15.2. The van der Waals surface area contributed by atoms with Gasteiger partial charge in [0.2, 0.25) is 5.91 Å². The van der Waals surface area contributed by atoms with Crippen molar-refractivity contribution < 1.29 is 4.79 Å². The zero-order valence-corrected chi connectivity index (χ0v) is 16.8. The number of hydrogen-bond acceptors (Lipinski definition) is 2. The first-order valence-electron chi connectivity index (χ1n) is 10.8. The summed E-state index contributed by atoms with van der Waals surface area (Å²) in [5, 5.41) is 3.34. The summed E-state index contributed by atoms with van der Waals surface area (Å²) in [6.45, 7) is 3.93. The Labute approximate surface area is 169 Å². The lowest BCUT2D eigenvalue weighted by atomic mass is 9.72. The van der Waals surface area contributed by atoms with Crippen LogP contribution in [0.4, 0.5) is 0 Å². The van der Waals surface area contributed by atoms with E-state index in [-0.39, 0.29) is 17.2 Å². The van der Waals surface area contributed by atoms with Crippen molar-refractivity contribution in [3.63, 3.8) is 0 Å². The van der Waals surface area contributed by atoms with Crippen LogP contribution in [-0.2, 0) is 16.8 Å². The molecule has 0 spiro atoms. The topological polar surface area (TPSA) is 32.3 Å². The van der Waals surface area contributed by atoms with Gasteiger partial charge in [-0.25, -0.2) is 0 Å². The number of hydrogen-bond donors (Lipinski definition) is 1.